The van der Waals surface area contributed by atoms with Gasteiger partial charge in [-0.3, -0.25) is 14.4 Å². The first-order chi connectivity index (χ1) is 12.5. The maximum atomic E-state index is 12.1. The van der Waals surface area contributed by atoms with Crippen LogP contribution in [0.4, 0.5) is 0 Å². The third-order valence-electron chi connectivity index (χ3n) is 3.39. The lowest BCUT2D eigenvalue weighted by Gasteiger charge is -2.15. The third kappa shape index (κ3) is 4.46. The van der Waals surface area contributed by atoms with Crippen LogP contribution in [0, 0.1) is 0 Å². The summed E-state index contributed by atoms with van der Waals surface area (Å²) in [4.78, 5) is 56.5. The highest BCUT2D eigenvalue weighted by Gasteiger charge is 2.40. The summed E-state index contributed by atoms with van der Waals surface area (Å²) < 4.78 is 4.74. The quantitative estimate of drug-likeness (QED) is 0.481. The highest BCUT2D eigenvalue weighted by molar-refractivity contribution is 7.99. The molecule has 0 aliphatic carbocycles. The van der Waals surface area contributed by atoms with E-state index in [0.29, 0.717) is 10.3 Å². The molecule has 12 heteroatoms. The number of aromatic nitrogens is 2. The fourth-order valence-electron chi connectivity index (χ4n) is 2.15. The van der Waals surface area contributed by atoms with Gasteiger partial charge in [-0.05, 0) is 17.4 Å². The normalized spacial score (nSPS) is 22.2. The Kier molecular flexibility index (Phi) is 5.63. The molecule has 0 radical (unpaired) electrons. The summed E-state index contributed by atoms with van der Waals surface area (Å²) in [5.74, 6) is -2.54. The smallest absolute Gasteiger partial charge is 0.375 e. The van der Waals surface area contributed by atoms with Crippen molar-refractivity contribution in [3.05, 3.63) is 18.3 Å². The molecule has 2 atom stereocenters. The van der Waals surface area contributed by atoms with Crippen molar-refractivity contribution in [3.8, 4) is 0 Å². The molecule has 0 saturated carbocycles. The molecule has 26 heavy (non-hydrogen) atoms. The summed E-state index contributed by atoms with van der Waals surface area (Å²) in [6.45, 7) is -0.182. The average Bonchev–Trinajstić information content (AvgIpc) is 3.22. The molecule has 1 unspecified atom stereocenters. The topological polar surface area (TPSA) is 137 Å². The first-order valence-corrected chi connectivity index (χ1v) is 8.59. The summed E-state index contributed by atoms with van der Waals surface area (Å²) in [6.07, 6.45) is 0.743. The molecule has 3 heterocycles. The fraction of sp³-hybridized carbons (Fsp3) is 0.429. The number of esters is 1. The predicted octanol–water partition coefficient (Wildman–Crippen LogP) is -1.01. The van der Waals surface area contributed by atoms with Crippen molar-refractivity contribution in [2.75, 3.05) is 12.4 Å². The molecule has 11 nitrogen and oxygen atoms in total. The molecule has 3 rings (SSSR count). The predicted molar refractivity (Wildman–Crippen MR) is 82.7 cm³/mol. The van der Waals surface area contributed by atoms with Crippen molar-refractivity contribution in [2.45, 2.75) is 30.0 Å². The molecule has 1 aromatic rings. The molecule has 1 aromatic heterocycles. The molecule has 2 amide bonds. The van der Waals surface area contributed by atoms with E-state index in [2.05, 4.69) is 15.5 Å². The SMILES string of the molecule is O=C(CSc1cccnn1)N[C@H]1CON(OC(=O)C2CCC(=O)O2)C1=O. The van der Waals surface area contributed by atoms with E-state index in [0.717, 1.165) is 11.8 Å². The highest BCUT2D eigenvalue weighted by Crippen LogP contribution is 2.18. The third-order valence-corrected chi connectivity index (χ3v) is 4.31. The molecule has 2 saturated heterocycles. The zero-order chi connectivity index (χ0) is 18.5. The van der Waals surface area contributed by atoms with Gasteiger partial charge in [0.05, 0.1) is 5.75 Å². The van der Waals surface area contributed by atoms with Crippen molar-refractivity contribution in [2.24, 2.45) is 0 Å². The zero-order valence-electron chi connectivity index (χ0n) is 13.3. The minimum Gasteiger partial charge on any atom is -0.450 e. The number of amides is 2. The lowest BCUT2D eigenvalue weighted by Crippen LogP contribution is -2.44. The Hall–Kier alpha value is -2.73. The van der Waals surface area contributed by atoms with Gasteiger partial charge >= 0.3 is 17.8 Å². The van der Waals surface area contributed by atoms with Crippen molar-refractivity contribution >= 4 is 35.5 Å². The van der Waals surface area contributed by atoms with Gasteiger partial charge < -0.3 is 14.9 Å². The fourth-order valence-corrected chi connectivity index (χ4v) is 2.79. The summed E-state index contributed by atoms with van der Waals surface area (Å²) in [6, 6.07) is 2.41. The van der Waals surface area contributed by atoms with E-state index in [-0.39, 0.29) is 25.2 Å². The van der Waals surface area contributed by atoms with Crippen LogP contribution >= 0.6 is 11.8 Å². The van der Waals surface area contributed by atoms with Gasteiger partial charge in [-0.2, -0.15) is 5.10 Å². The molecular weight excluding hydrogens is 368 g/mol. The Bertz CT molecular complexity index is 717. The lowest BCUT2D eigenvalue weighted by molar-refractivity contribution is -0.306. The number of cyclic esters (lactones) is 1. The van der Waals surface area contributed by atoms with E-state index in [1.54, 1.807) is 12.1 Å². The number of hydrogen-bond acceptors (Lipinski definition) is 10. The Morgan fingerprint density at radius 1 is 1.42 bits per heavy atom. The number of hydrogen-bond donors (Lipinski definition) is 1. The number of nitrogens with zero attached hydrogens (tertiary/aromatic N) is 3. The summed E-state index contributed by atoms with van der Waals surface area (Å²) in [5.41, 5.74) is 0. The summed E-state index contributed by atoms with van der Waals surface area (Å²) >= 11 is 1.16. The summed E-state index contributed by atoms with van der Waals surface area (Å²) in [7, 11) is 0. The average molecular weight is 382 g/mol. The Labute approximate surface area is 151 Å². The first kappa shape index (κ1) is 18.1. The van der Waals surface area contributed by atoms with Crippen LogP contribution in [-0.2, 0) is 33.6 Å². The van der Waals surface area contributed by atoms with E-state index in [1.165, 1.54) is 6.20 Å². The van der Waals surface area contributed by atoms with E-state index in [4.69, 9.17) is 14.4 Å². The molecule has 2 aliphatic heterocycles. The van der Waals surface area contributed by atoms with Gasteiger partial charge in [-0.1, -0.05) is 11.8 Å². The minimum atomic E-state index is -1.06. The second-order valence-electron chi connectivity index (χ2n) is 5.29. The van der Waals surface area contributed by atoms with Crippen LogP contribution in [0.15, 0.2) is 23.4 Å². The summed E-state index contributed by atoms with van der Waals surface area (Å²) in [5, 5.41) is 11.0. The molecule has 1 N–H and O–H groups in total. The van der Waals surface area contributed by atoms with E-state index in [1.807, 2.05) is 0 Å². The van der Waals surface area contributed by atoms with Gasteiger partial charge in [0.2, 0.25) is 12.0 Å². The number of rotatable bonds is 6. The van der Waals surface area contributed by atoms with Crippen LogP contribution in [0.1, 0.15) is 12.8 Å². The number of carbonyl (C=O) groups is 4. The number of thioether (sulfide) groups is 1. The molecule has 2 fully saturated rings. The maximum absolute atomic E-state index is 12.1. The second kappa shape index (κ2) is 8.10. The van der Waals surface area contributed by atoms with Crippen LogP contribution in [-0.4, -0.2) is 63.7 Å². The lowest BCUT2D eigenvalue weighted by atomic mass is 10.2. The van der Waals surface area contributed by atoms with Gasteiger partial charge in [-0.25, -0.2) is 9.63 Å². The van der Waals surface area contributed by atoms with Crippen LogP contribution in [0.25, 0.3) is 0 Å². The zero-order valence-corrected chi connectivity index (χ0v) is 14.1. The second-order valence-corrected chi connectivity index (χ2v) is 6.28. The van der Waals surface area contributed by atoms with E-state index in [9.17, 15) is 19.2 Å². The molecule has 2 aliphatic rings. The van der Waals surface area contributed by atoms with Gasteiger partial charge in [0.1, 0.15) is 17.7 Å². The minimum absolute atomic E-state index is 0.0281. The molecule has 0 bridgehead atoms. The highest BCUT2D eigenvalue weighted by atomic mass is 32.2. The number of ether oxygens (including phenoxy) is 1. The first-order valence-electron chi connectivity index (χ1n) is 7.61. The largest absolute Gasteiger partial charge is 0.450 e. The standard InChI is InChI=1S/C14H14N4O7S/c19-10(7-26-11-2-1-5-15-17-11)16-8-6-23-18(13(8)21)25-14(22)9-3-4-12(20)24-9/h1-2,5,8-9H,3-4,6-7H2,(H,16,19)/t8-,9?/m0/s1. The van der Waals surface area contributed by atoms with Gasteiger partial charge in [-0.15, -0.1) is 5.10 Å². The van der Waals surface area contributed by atoms with Gasteiger partial charge in [0, 0.05) is 19.0 Å². The van der Waals surface area contributed by atoms with Crippen LogP contribution in [0.3, 0.4) is 0 Å². The Morgan fingerprint density at radius 3 is 2.96 bits per heavy atom. The van der Waals surface area contributed by atoms with Crippen molar-refractivity contribution in [3.63, 3.8) is 0 Å². The Balaban J connectivity index is 1.44. The maximum Gasteiger partial charge on any atom is 0.375 e. The number of nitrogens with one attached hydrogen (secondary N) is 1. The number of carbonyl (C=O) groups excluding carboxylic acids is 4. The molecule has 0 aromatic carbocycles. The molecular formula is C14H14N4O7S. The van der Waals surface area contributed by atoms with Crippen LogP contribution in [0.5, 0.6) is 0 Å². The van der Waals surface area contributed by atoms with Gasteiger partial charge in [0.15, 0.2) is 0 Å². The van der Waals surface area contributed by atoms with Crippen molar-refractivity contribution in [1.82, 2.24) is 20.7 Å². The molecule has 0 spiro atoms. The monoisotopic (exact) mass is 382 g/mol. The van der Waals surface area contributed by atoms with Crippen molar-refractivity contribution < 1.29 is 33.6 Å². The Morgan fingerprint density at radius 2 is 2.27 bits per heavy atom. The van der Waals surface area contributed by atoms with E-state index >= 15 is 0 Å². The van der Waals surface area contributed by atoms with Crippen LogP contribution in [0.2, 0.25) is 0 Å². The van der Waals surface area contributed by atoms with Gasteiger partial charge in [0.25, 0.3) is 0 Å². The van der Waals surface area contributed by atoms with Crippen molar-refractivity contribution in [1.29, 1.82) is 0 Å². The van der Waals surface area contributed by atoms with Crippen LogP contribution < -0.4 is 5.32 Å². The van der Waals surface area contributed by atoms with E-state index < -0.39 is 35.9 Å². The number of hydroxylamine groups is 2. The molecule has 138 valence electrons.